The third-order valence-electron chi connectivity index (χ3n) is 4.38. The van der Waals surface area contributed by atoms with Gasteiger partial charge in [0.1, 0.15) is 0 Å². The fourth-order valence-corrected chi connectivity index (χ4v) is 4.08. The van der Waals surface area contributed by atoms with Gasteiger partial charge in [-0.05, 0) is 17.7 Å². The number of carbonyl (C=O) groups is 1. The summed E-state index contributed by atoms with van der Waals surface area (Å²) in [5, 5.41) is 4.75. The van der Waals surface area contributed by atoms with Crippen molar-refractivity contribution in [2.45, 2.75) is 25.2 Å². The van der Waals surface area contributed by atoms with Crippen molar-refractivity contribution in [3.05, 3.63) is 46.7 Å². The molecule has 5 rings (SSSR count). The number of rotatable bonds is 1. The topological polar surface area (TPSA) is 64.9 Å². The number of amides is 1. The van der Waals surface area contributed by atoms with E-state index in [4.69, 9.17) is 0 Å². The molecular formula is C16H11F2N3O3S. The Bertz CT molecular complexity index is 1010. The van der Waals surface area contributed by atoms with Gasteiger partial charge in [0.15, 0.2) is 16.5 Å². The van der Waals surface area contributed by atoms with E-state index in [0.717, 1.165) is 16.3 Å². The molecule has 0 saturated heterocycles. The molecule has 9 heteroatoms. The van der Waals surface area contributed by atoms with Crippen LogP contribution in [0, 0.1) is 0 Å². The Morgan fingerprint density at radius 2 is 2.16 bits per heavy atom. The molecule has 1 atom stereocenters. The maximum absolute atomic E-state index is 13.3. The lowest BCUT2D eigenvalue weighted by atomic mass is 9.91. The third-order valence-corrected chi connectivity index (χ3v) is 5.13. The predicted octanol–water partition coefficient (Wildman–Crippen LogP) is 2.87. The molecule has 0 bridgehead atoms. The van der Waals surface area contributed by atoms with Gasteiger partial charge < -0.3 is 14.8 Å². The molecule has 0 fully saturated rings. The monoisotopic (exact) mass is 363 g/mol. The molecule has 0 radical (unpaired) electrons. The summed E-state index contributed by atoms with van der Waals surface area (Å²) in [5.74, 6) is -0.471. The first-order chi connectivity index (χ1) is 12.0. The number of halogens is 2. The van der Waals surface area contributed by atoms with Crippen molar-refractivity contribution in [3.8, 4) is 11.5 Å². The number of aromatic nitrogens is 2. The smallest absolute Gasteiger partial charge is 0.395 e. The van der Waals surface area contributed by atoms with Crippen LogP contribution in [0.25, 0.3) is 4.96 Å². The van der Waals surface area contributed by atoms with Crippen molar-refractivity contribution in [1.29, 1.82) is 0 Å². The molecule has 1 unspecified atom stereocenters. The number of benzene rings is 1. The van der Waals surface area contributed by atoms with Crippen LogP contribution in [0.3, 0.4) is 0 Å². The van der Waals surface area contributed by atoms with Gasteiger partial charge in [-0.2, -0.15) is 0 Å². The number of fused-ring (bicyclic) bond motifs is 4. The van der Waals surface area contributed by atoms with Gasteiger partial charge in [0.2, 0.25) is 5.91 Å². The van der Waals surface area contributed by atoms with E-state index in [9.17, 15) is 13.6 Å². The van der Waals surface area contributed by atoms with Gasteiger partial charge in [0, 0.05) is 23.9 Å². The van der Waals surface area contributed by atoms with Crippen LogP contribution in [-0.4, -0.2) is 21.6 Å². The lowest BCUT2D eigenvalue weighted by Gasteiger charge is -2.15. The van der Waals surface area contributed by atoms with Crippen LogP contribution in [0.1, 0.15) is 29.3 Å². The summed E-state index contributed by atoms with van der Waals surface area (Å²) in [5.41, 5.74) is 2.37. The van der Waals surface area contributed by atoms with Crippen LogP contribution in [0.4, 0.5) is 8.78 Å². The van der Waals surface area contributed by atoms with Crippen LogP contribution in [0.2, 0.25) is 0 Å². The van der Waals surface area contributed by atoms with Crippen molar-refractivity contribution in [2.24, 2.45) is 0 Å². The zero-order valence-corrected chi connectivity index (χ0v) is 13.5. The van der Waals surface area contributed by atoms with E-state index in [-0.39, 0.29) is 29.7 Å². The second kappa shape index (κ2) is 4.92. The Morgan fingerprint density at radius 1 is 1.32 bits per heavy atom. The number of alkyl halides is 2. The van der Waals surface area contributed by atoms with Crippen LogP contribution in [-0.2, 0) is 11.3 Å². The number of thiazole rings is 1. The summed E-state index contributed by atoms with van der Waals surface area (Å²) in [6, 6.07) is 4.64. The molecule has 1 N–H and O–H groups in total. The van der Waals surface area contributed by atoms with Crippen LogP contribution in [0.15, 0.2) is 29.8 Å². The maximum atomic E-state index is 13.3. The van der Waals surface area contributed by atoms with E-state index < -0.39 is 6.29 Å². The Balaban J connectivity index is 1.65. The molecular weight excluding hydrogens is 352 g/mol. The van der Waals surface area contributed by atoms with Crippen molar-refractivity contribution >= 4 is 22.2 Å². The predicted molar refractivity (Wildman–Crippen MR) is 84.0 cm³/mol. The normalized spacial score (nSPS) is 21.0. The van der Waals surface area contributed by atoms with E-state index >= 15 is 0 Å². The van der Waals surface area contributed by atoms with Gasteiger partial charge in [-0.1, -0.05) is 6.07 Å². The van der Waals surface area contributed by atoms with E-state index in [1.54, 1.807) is 6.07 Å². The van der Waals surface area contributed by atoms with Crippen molar-refractivity contribution < 1.29 is 23.0 Å². The lowest BCUT2D eigenvalue weighted by Crippen LogP contribution is -2.25. The molecule has 1 aromatic carbocycles. The molecule has 6 nitrogen and oxygen atoms in total. The van der Waals surface area contributed by atoms with Gasteiger partial charge >= 0.3 is 6.29 Å². The molecule has 4 heterocycles. The largest absolute Gasteiger partial charge is 0.586 e. The van der Waals surface area contributed by atoms with Crippen LogP contribution in [0.5, 0.6) is 11.5 Å². The van der Waals surface area contributed by atoms with E-state index in [0.29, 0.717) is 12.1 Å². The molecule has 0 spiro atoms. The van der Waals surface area contributed by atoms with E-state index in [2.05, 4.69) is 19.8 Å². The fraction of sp³-hybridized carbons (Fsp3) is 0.250. The van der Waals surface area contributed by atoms with Gasteiger partial charge in [-0.15, -0.1) is 20.1 Å². The minimum absolute atomic E-state index is 0.0130. The highest BCUT2D eigenvalue weighted by Gasteiger charge is 2.43. The first-order valence-electron chi connectivity index (χ1n) is 7.61. The number of hydrogen-bond donors (Lipinski definition) is 1. The molecule has 25 heavy (non-hydrogen) atoms. The SMILES string of the molecule is O=C1CC(c2ccc3c(c2)OC(F)(F)O3)c2c(nc3sccn23)CN1. The lowest BCUT2D eigenvalue weighted by molar-refractivity contribution is -0.286. The standard InChI is InChI=1S/C16H11F2N3O3S/c17-16(18)23-11-2-1-8(5-12(11)24-16)9-6-13(22)19-7-10-14(9)21-3-4-25-15(21)20-10/h1-5,9H,6-7H2,(H,19,22). The minimum Gasteiger partial charge on any atom is -0.395 e. The summed E-state index contributed by atoms with van der Waals surface area (Å²) < 4.78 is 37.5. The zero-order valence-electron chi connectivity index (χ0n) is 12.7. The minimum atomic E-state index is -3.66. The Hall–Kier alpha value is -2.68. The molecule has 2 aromatic heterocycles. The number of nitrogens with zero attached hydrogens (tertiary/aromatic N) is 2. The number of ether oxygens (including phenoxy) is 2. The first-order valence-corrected chi connectivity index (χ1v) is 8.49. The van der Waals surface area contributed by atoms with Crippen LogP contribution < -0.4 is 14.8 Å². The molecule has 1 amide bonds. The average Bonchev–Trinajstić information content (AvgIpc) is 3.17. The van der Waals surface area contributed by atoms with Gasteiger partial charge in [-0.3, -0.25) is 9.20 Å². The molecule has 0 aliphatic carbocycles. The molecule has 128 valence electrons. The summed E-state index contributed by atoms with van der Waals surface area (Å²) >= 11 is 1.50. The molecule has 2 aliphatic heterocycles. The second-order valence-electron chi connectivity index (χ2n) is 5.91. The van der Waals surface area contributed by atoms with Gasteiger partial charge in [0.05, 0.1) is 17.9 Å². The second-order valence-corrected chi connectivity index (χ2v) is 6.78. The van der Waals surface area contributed by atoms with E-state index in [1.165, 1.54) is 23.5 Å². The quantitative estimate of drug-likeness (QED) is 0.722. The third kappa shape index (κ3) is 2.26. The Labute approximate surface area is 144 Å². The highest BCUT2D eigenvalue weighted by atomic mass is 32.1. The van der Waals surface area contributed by atoms with Crippen LogP contribution >= 0.6 is 11.3 Å². The number of nitrogens with one attached hydrogen (secondary N) is 1. The van der Waals surface area contributed by atoms with Gasteiger partial charge in [-0.25, -0.2) is 4.98 Å². The summed E-state index contributed by atoms with van der Waals surface area (Å²) in [6.45, 7) is 0.349. The Morgan fingerprint density at radius 3 is 3.04 bits per heavy atom. The number of imidazole rings is 1. The van der Waals surface area contributed by atoms with Crippen molar-refractivity contribution in [2.75, 3.05) is 0 Å². The van der Waals surface area contributed by atoms with E-state index in [1.807, 2.05) is 16.0 Å². The fourth-order valence-electron chi connectivity index (χ4n) is 3.34. The highest BCUT2D eigenvalue weighted by Crippen LogP contribution is 2.44. The molecule has 0 saturated carbocycles. The first kappa shape index (κ1) is 14.6. The number of carbonyl (C=O) groups excluding carboxylic acids is 1. The highest BCUT2D eigenvalue weighted by molar-refractivity contribution is 7.15. The summed E-state index contributed by atoms with van der Waals surface area (Å²) in [6.07, 6.45) is -1.56. The van der Waals surface area contributed by atoms with Crippen molar-refractivity contribution in [1.82, 2.24) is 14.7 Å². The zero-order chi connectivity index (χ0) is 17.2. The summed E-state index contributed by atoms with van der Waals surface area (Å²) in [7, 11) is 0. The molecule has 2 aliphatic rings. The van der Waals surface area contributed by atoms with Gasteiger partial charge in [0.25, 0.3) is 0 Å². The van der Waals surface area contributed by atoms with Crippen molar-refractivity contribution in [3.63, 3.8) is 0 Å². The maximum Gasteiger partial charge on any atom is 0.586 e. The molecule has 3 aromatic rings. The summed E-state index contributed by atoms with van der Waals surface area (Å²) in [4.78, 5) is 17.5. The number of hydrogen-bond acceptors (Lipinski definition) is 5. The Kier molecular flexibility index (Phi) is 2.88. The average molecular weight is 363 g/mol.